The smallest absolute Gasteiger partial charge is 0.162 e. The predicted molar refractivity (Wildman–Crippen MR) is 75.6 cm³/mol. The van der Waals surface area contributed by atoms with Gasteiger partial charge in [0, 0.05) is 10.0 Å². The van der Waals surface area contributed by atoms with Gasteiger partial charge in [0.15, 0.2) is 11.5 Å². The Labute approximate surface area is 128 Å². The Hall–Kier alpha value is -1.66. The van der Waals surface area contributed by atoms with Crippen LogP contribution in [0.4, 0.5) is 8.78 Å². The van der Waals surface area contributed by atoms with Gasteiger partial charge in [0.2, 0.25) is 0 Å². The first kappa shape index (κ1) is 14.3. The standard InChI is InChI=1S/C15H11BrF2O3/c16-9-7-13-12(20-4-5-21-13)6-8(9)15(19)14-10(17)2-1-3-11(14)18/h1-3,6-7,15,19H,4-5H2. The van der Waals surface area contributed by atoms with Crippen molar-refractivity contribution >= 4 is 15.9 Å². The Bertz CT molecular complexity index is 671. The fourth-order valence-corrected chi connectivity index (χ4v) is 2.76. The second-order valence-corrected chi connectivity index (χ2v) is 5.41. The monoisotopic (exact) mass is 356 g/mol. The molecule has 1 unspecified atom stereocenters. The van der Waals surface area contributed by atoms with Crippen LogP contribution in [0.3, 0.4) is 0 Å². The fourth-order valence-electron chi connectivity index (χ4n) is 2.22. The van der Waals surface area contributed by atoms with Crippen LogP contribution in [-0.2, 0) is 0 Å². The van der Waals surface area contributed by atoms with Crippen molar-refractivity contribution in [3.63, 3.8) is 0 Å². The molecule has 0 aromatic heterocycles. The summed E-state index contributed by atoms with van der Waals surface area (Å²) in [6.45, 7) is 0.821. The van der Waals surface area contributed by atoms with Crippen LogP contribution in [0.5, 0.6) is 11.5 Å². The molecule has 3 rings (SSSR count). The van der Waals surface area contributed by atoms with Crippen LogP contribution < -0.4 is 9.47 Å². The average molecular weight is 357 g/mol. The second kappa shape index (κ2) is 5.61. The summed E-state index contributed by atoms with van der Waals surface area (Å²) in [6, 6.07) is 6.60. The zero-order chi connectivity index (χ0) is 15.0. The molecule has 0 radical (unpaired) electrons. The summed E-state index contributed by atoms with van der Waals surface area (Å²) in [6.07, 6.45) is -1.45. The average Bonchev–Trinajstić information content (AvgIpc) is 2.46. The minimum atomic E-state index is -1.45. The lowest BCUT2D eigenvalue weighted by atomic mass is 10.00. The van der Waals surface area contributed by atoms with Crippen molar-refractivity contribution in [3.05, 3.63) is 57.6 Å². The number of halogens is 3. The molecule has 0 saturated heterocycles. The molecule has 0 amide bonds. The summed E-state index contributed by atoms with van der Waals surface area (Å²) in [5.41, 5.74) is -0.0851. The van der Waals surface area contributed by atoms with Crippen molar-refractivity contribution in [2.75, 3.05) is 13.2 Å². The first-order chi connectivity index (χ1) is 10.1. The molecule has 0 fully saturated rings. The highest BCUT2D eigenvalue weighted by molar-refractivity contribution is 9.10. The molecule has 1 atom stereocenters. The van der Waals surface area contributed by atoms with E-state index in [0.717, 1.165) is 12.1 Å². The fraction of sp³-hybridized carbons (Fsp3) is 0.200. The van der Waals surface area contributed by atoms with Gasteiger partial charge in [-0.1, -0.05) is 22.0 Å². The molecule has 1 aliphatic rings. The molecular weight excluding hydrogens is 346 g/mol. The molecule has 0 bridgehead atoms. The van der Waals surface area contributed by atoms with Gasteiger partial charge < -0.3 is 14.6 Å². The lowest BCUT2D eigenvalue weighted by Gasteiger charge is -2.22. The van der Waals surface area contributed by atoms with E-state index in [-0.39, 0.29) is 0 Å². The summed E-state index contributed by atoms with van der Waals surface area (Å²) in [5, 5.41) is 10.3. The van der Waals surface area contributed by atoms with Crippen molar-refractivity contribution in [3.8, 4) is 11.5 Å². The van der Waals surface area contributed by atoms with Crippen molar-refractivity contribution in [1.82, 2.24) is 0 Å². The van der Waals surface area contributed by atoms with E-state index < -0.39 is 23.3 Å². The van der Waals surface area contributed by atoms with Crippen molar-refractivity contribution in [2.24, 2.45) is 0 Å². The first-order valence-electron chi connectivity index (χ1n) is 6.29. The molecule has 0 spiro atoms. The summed E-state index contributed by atoms with van der Waals surface area (Å²) in [4.78, 5) is 0. The van der Waals surface area contributed by atoms with E-state index >= 15 is 0 Å². The van der Waals surface area contributed by atoms with E-state index in [1.807, 2.05) is 0 Å². The van der Waals surface area contributed by atoms with E-state index in [1.165, 1.54) is 12.1 Å². The quantitative estimate of drug-likeness (QED) is 0.893. The number of hydrogen-bond donors (Lipinski definition) is 1. The van der Waals surface area contributed by atoms with Gasteiger partial charge in [-0.05, 0) is 24.3 Å². The summed E-state index contributed by atoms with van der Waals surface area (Å²) < 4.78 is 38.9. The van der Waals surface area contributed by atoms with Crippen molar-refractivity contribution < 1.29 is 23.4 Å². The SMILES string of the molecule is OC(c1cc2c(cc1Br)OCCO2)c1c(F)cccc1F. The third-order valence-corrected chi connectivity index (χ3v) is 3.92. The van der Waals surface area contributed by atoms with E-state index in [0.29, 0.717) is 34.7 Å². The van der Waals surface area contributed by atoms with Gasteiger partial charge >= 0.3 is 0 Å². The lowest BCUT2D eigenvalue weighted by Crippen LogP contribution is -2.16. The van der Waals surface area contributed by atoms with Crippen LogP contribution >= 0.6 is 15.9 Å². The molecule has 2 aromatic carbocycles. The Morgan fingerprint density at radius 2 is 1.62 bits per heavy atom. The van der Waals surface area contributed by atoms with Gasteiger partial charge in [-0.15, -0.1) is 0 Å². The number of hydrogen-bond acceptors (Lipinski definition) is 3. The maximum atomic E-state index is 13.8. The highest BCUT2D eigenvalue weighted by atomic mass is 79.9. The van der Waals surface area contributed by atoms with Gasteiger partial charge in [-0.2, -0.15) is 0 Å². The zero-order valence-corrected chi connectivity index (χ0v) is 12.4. The molecule has 6 heteroatoms. The molecule has 2 aromatic rings. The summed E-state index contributed by atoms with van der Waals surface area (Å²) >= 11 is 3.28. The number of rotatable bonds is 2. The van der Waals surface area contributed by atoms with Crippen LogP contribution in [0.1, 0.15) is 17.2 Å². The third kappa shape index (κ3) is 2.61. The second-order valence-electron chi connectivity index (χ2n) is 4.56. The van der Waals surface area contributed by atoms with Crippen LogP contribution in [0.25, 0.3) is 0 Å². The lowest BCUT2D eigenvalue weighted by molar-refractivity contribution is 0.169. The van der Waals surface area contributed by atoms with Crippen LogP contribution in [0.15, 0.2) is 34.8 Å². The normalized spacial score (nSPS) is 14.9. The molecule has 3 nitrogen and oxygen atoms in total. The minimum Gasteiger partial charge on any atom is -0.486 e. The molecule has 0 aliphatic carbocycles. The molecule has 110 valence electrons. The number of aliphatic hydroxyl groups is 1. The number of aliphatic hydroxyl groups excluding tert-OH is 1. The van der Waals surface area contributed by atoms with Gasteiger partial charge in [-0.3, -0.25) is 0 Å². The molecular formula is C15H11BrF2O3. The van der Waals surface area contributed by atoms with Gasteiger partial charge in [0.1, 0.15) is 31.0 Å². The highest BCUT2D eigenvalue weighted by Gasteiger charge is 2.24. The minimum absolute atomic E-state index is 0.309. The van der Waals surface area contributed by atoms with Gasteiger partial charge in [0.25, 0.3) is 0 Å². The Kier molecular flexibility index (Phi) is 3.82. The van der Waals surface area contributed by atoms with E-state index in [9.17, 15) is 13.9 Å². The van der Waals surface area contributed by atoms with E-state index in [1.54, 1.807) is 6.07 Å². The largest absolute Gasteiger partial charge is 0.486 e. The topological polar surface area (TPSA) is 38.7 Å². The maximum absolute atomic E-state index is 13.8. The van der Waals surface area contributed by atoms with Crippen molar-refractivity contribution in [1.29, 1.82) is 0 Å². The Balaban J connectivity index is 2.07. The summed E-state index contributed by atoms with van der Waals surface area (Å²) in [7, 11) is 0. The van der Waals surface area contributed by atoms with Crippen LogP contribution in [0, 0.1) is 11.6 Å². The molecule has 21 heavy (non-hydrogen) atoms. The van der Waals surface area contributed by atoms with Crippen molar-refractivity contribution in [2.45, 2.75) is 6.10 Å². The third-order valence-electron chi connectivity index (χ3n) is 3.23. The molecule has 1 heterocycles. The number of benzene rings is 2. The maximum Gasteiger partial charge on any atom is 0.162 e. The summed E-state index contributed by atoms with van der Waals surface area (Å²) in [5.74, 6) is -0.637. The molecule has 0 saturated carbocycles. The number of ether oxygens (including phenoxy) is 2. The Morgan fingerprint density at radius 3 is 2.24 bits per heavy atom. The predicted octanol–water partition coefficient (Wildman–Crippen LogP) is 3.58. The Morgan fingerprint density at radius 1 is 1.05 bits per heavy atom. The van der Waals surface area contributed by atoms with Gasteiger partial charge in [0.05, 0.1) is 5.56 Å². The van der Waals surface area contributed by atoms with Crippen LogP contribution in [0.2, 0.25) is 0 Å². The van der Waals surface area contributed by atoms with Gasteiger partial charge in [-0.25, -0.2) is 8.78 Å². The van der Waals surface area contributed by atoms with E-state index in [4.69, 9.17) is 9.47 Å². The molecule has 1 N–H and O–H groups in total. The van der Waals surface area contributed by atoms with Crippen LogP contribution in [-0.4, -0.2) is 18.3 Å². The van der Waals surface area contributed by atoms with E-state index in [2.05, 4.69) is 15.9 Å². The molecule has 1 aliphatic heterocycles. The number of fused-ring (bicyclic) bond motifs is 1. The zero-order valence-electron chi connectivity index (χ0n) is 10.8. The first-order valence-corrected chi connectivity index (χ1v) is 7.08. The highest BCUT2D eigenvalue weighted by Crippen LogP contribution is 2.40.